The second kappa shape index (κ2) is 8.96. The molecule has 0 spiro atoms. The highest BCUT2D eigenvalue weighted by molar-refractivity contribution is 5.53. The monoisotopic (exact) mass is 362 g/mol. The molecule has 5 nitrogen and oxygen atoms in total. The molecule has 1 heterocycles. The van der Waals surface area contributed by atoms with E-state index in [0.29, 0.717) is 5.75 Å². The lowest BCUT2D eigenvalue weighted by atomic mass is 9.86. The Morgan fingerprint density at radius 2 is 1.58 bits per heavy atom. The molecule has 26 heavy (non-hydrogen) atoms. The quantitative estimate of drug-likeness (QED) is 0.775. The molecule has 1 aromatic carbocycles. The van der Waals surface area contributed by atoms with Crippen molar-refractivity contribution >= 4 is 0 Å². The van der Waals surface area contributed by atoms with Crippen LogP contribution in [0.3, 0.4) is 0 Å². The van der Waals surface area contributed by atoms with Gasteiger partial charge < -0.3 is 14.2 Å². The largest absolute Gasteiger partial charge is 0.493 e. The van der Waals surface area contributed by atoms with Crippen molar-refractivity contribution in [1.29, 1.82) is 0 Å². The maximum atomic E-state index is 5.48. The zero-order valence-corrected chi connectivity index (χ0v) is 16.8. The van der Waals surface area contributed by atoms with Gasteiger partial charge in [0.25, 0.3) is 0 Å². The predicted molar refractivity (Wildman–Crippen MR) is 104 cm³/mol. The highest BCUT2D eigenvalue weighted by atomic mass is 16.5. The fourth-order valence-electron chi connectivity index (χ4n) is 4.51. The van der Waals surface area contributed by atoms with E-state index >= 15 is 0 Å². The third kappa shape index (κ3) is 4.44. The van der Waals surface area contributed by atoms with E-state index < -0.39 is 0 Å². The molecule has 0 N–H and O–H groups in total. The molecular formula is C21H34N2O3. The Labute approximate surface area is 158 Å². The SMILES string of the molecule is COc1cc(CN2CCN(C3CCCC(C)C3)CC2)cc(OC)c1OC. The van der Waals surface area contributed by atoms with E-state index in [0.717, 1.165) is 43.1 Å². The Balaban J connectivity index is 1.59. The minimum Gasteiger partial charge on any atom is -0.493 e. The topological polar surface area (TPSA) is 34.2 Å². The molecule has 2 fully saturated rings. The maximum Gasteiger partial charge on any atom is 0.203 e. The number of piperazine rings is 1. The van der Waals surface area contributed by atoms with Crippen LogP contribution in [0.15, 0.2) is 12.1 Å². The molecule has 1 aliphatic carbocycles. The highest BCUT2D eigenvalue weighted by Crippen LogP contribution is 2.38. The highest BCUT2D eigenvalue weighted by Gasteiger charge is 2.27. The molecule has 2 aliphatic rings. The average Bonchev–Trinajstić information content (AvgIpc) is 2.67. The Bertz CT molecular complexity index is 560. The Hall–Kier alpha value is -1.46. The normalized spacial score (nSPS) is 25.1. The molecule has 2 unspecified atom stereocenters. The van der Waals surface area contributed by atoms with Crippen molar-refractivity contribution in [3.05, 3.63) is 17.7 Å². The molecule has 0 amide bonds. The first-order chi connectivity index (χ1) is 12.6. The summed E-state index contributed by atoms with van der Waals surface area (Å²) in [5.41, 5.74) is 1.21. The molecule has 0 aromatic heterocycles. The molecule has 1 aliphatic heterocycles. The average molecular weight is 363 g/mol. The first-order valence-electron chi connectivity index (χ1n) is 9.90. The maximum absolute atomic E-state index is 5.48. The van der Waals surface area contributed by atoms with E-state index in [4.69, 9.17) is 14.2 Å². The fraction of sp³-hybridized carbons (Fsp3) is 0.714. The number of hydrogen-bond donors (Lipinski definition) is 0. The smallest absolute Gasteiger partial charge is 0.203 e. The van der Waals surface area contributed by atoms with E-state index in [1.54, 1.807) is 21.3 Å². The van der Waals surface area contributed by atoms with Crippen LogP contribution in [0.25, 0.3) is 0 Å². The van der Waals surface area contributed by atoms with Gasteiger partial charge in [0, 0.05) is 38.8 Å². The van der Waals surface area contributed by atoms with Crippen molar-refractivity contribution in [1.82, 2.24) is 9.80 Å². The van der Waals surface area contributed by atoms with Crippen LogP contribution in [0.4, 0.5) is 0 Å². The third-order valence-electron chi connectivity index (χ3n) is 5.96. The molecule has 3 rings (SSSR count). The summed E-state index contributed by atoms with van der Waals surface area (Å²) >= 11 is 0. The summed E-state index contributed by atoms with van der Waals surface area (Å²) in [7, 11) is 4.99. The molecule has 5 heteroatoms. The van der Waals surface area contributed by atoms with Crippen LogP contribution in [0, 0.1) is 5.92 Å². The van der Waals surface area contributed by atoms with Crippen LogP contribution in [-0.2, 0) is 6.54 Å². The first-order valence-corrected chi connectivity index (χ1v) is 9.90. The van der Waals surface area contributed by atoms with Crippen molar-refractivity contribution in [3.8, 4) is 17.2 Å². The number of nitrogens with zero attached hydrogens (tertiary/aromatic N) is 2. The molecule has 2 atom stereocenters. The molecule has 146 valence electrons. The zero-order valence-electron chi connectivity index (χ0n) is 16.8. The second-order valence-electron chi connectivity index (χ2n) is 7.77. The molecule has 1 saturated heterocycles. The van der Waals surface area contributed by atoms with E-state index in [2.05, 4.69) is 28.9 Å². The van der Waals surface area contributed by atoms with E-state index in [-0.39, 0.29) is 0 Å². The summed E-state index contributed by atoms with van der Waals surface area (Å²) < 4.78 is 16.4. The van der Waals surface area contributed by atoms with Crippen LogP contribution in [0.1, 0.15) is 38.2 Å². The lowest BCUT2D eigenvalue weighted by Crippen LogP contribution is -2.50. The minimum absolute atomic E-state index is 0.662. The number of ether oxygens (including phenoxy) is 3. The molecular weight excluding hydrogens is 328 g/mol. The fourth-order valence-corrected chi connectivity index (χ4v) is 4.51. The Morgan fingerprint density at radius 3 is 2.12 bits per heavy atom. The van der Waals surface area contributed by atoms with Gasteiger partial charge in [0.2, 0.25) is 5.75 Å². The summed E-state index contributed by atoms with van der Waals surface area (Å²) in [6.45, 7) is 7.95. The van der Waals surface area contributed by atoms with Crippen LogP contribution in [0.5, 0.6) is 17.2 Å². The van der Waals surface area contributed by atoms with Gasteiger partial charge in [-0.05, 0) is 36.5 Å². The third-order valence-corrected chi connectivity index (χ3v) is 5.96. The summed E-state index contributed by atoms with van der Waals surface area (Å²) in [5.74, 6) is 3.02. The summed E-state index contributed by atoms with van der Waals surface area (Å²) in [4.78, 5) is 5.25. The standard InChI is InChI=1S/C21H34N2O3/c1-16-6-5-7-18(12-16)23-10-8-22(9-11-23)15-17-13-19(24-2)21(26-4)20(14-17)25-3/h13-14,16,18H,5-12,15H2,1-4H3. The van der Waals surface area contributed by atoms with E-state index in [1.165, 1.54) is 44.3 Å². The van der Waals surface area contributed by atoms with Crippen molar-refractivity contribution in [2.75, 3.05) is 47.5 Å². The molecule has 0 radical (unpaired) electrons. The Kier molecular flexibility index (Phi) is 6.65. The van der Waals surface area contributed by atoms with Gasteiger partial charge >= 0.3 is 0 Å². The van der Waals surface area contributed by atoms with Gasteiger partial charge in [0.1, 0.15) is 0 Å². The minimum atomic E-state index is 0.662. The zero-order chi connectivity index (χ0) is 18.5. The van der Waals surface area contributed by atoms with Gasteiger partial charge in [-0.2, -0.15) is 0 Å². The number of hydrogen-bond acceptors (Lipinski definition) is 5. The van der Waals surface area contributed by atoms with Crippen LogP contribution < -0.4 is 14.2 Å². The van der Waals surface area contributed by atoms with Gasteiger partial charge in [0.05, 0.1) is 21.3 Å². The molecule has 1 saturated carbocycles. The number of rotatable bonds is 6. The van der Waals surface area contributed by atoms with Crippen LogP contribution >= 0.6 is 0 Å². The van der Waals surface area contributed by atoms with E-state index in [9.17, 15) is 0 Å². The van der Waals surface area contributed by atoms with Gasteiger partial charge in [-0.1, -0.05) is 19.8 Å². The van der Waals surface area contributed by atoms with Gasteiger partial charge in [0.15, 0.2) is 11.5 Å². The molecule has 1 aromatic rings. The van der Waals surface area contributed by atoms with Crippen LogP contribution in [-0.4, -0.2) is 63.4 Å². The van der Waals surface area contributed by atoms with Gasteiger partial charge in [-0.3, -0.25) is 9.80 Å². The Morgan fingerprint density at radius 1 is 0.923 bits per heavy atom. The van der Waals surface area contributed by atoms with E-state index in [1.807, 2.05) is 0 Å². The van der Waals surface area contributed by atoms with Crippen molar-refractivity contribution in [2.24, 2.45) is 5.92 Å². The number of benzene rings is 1. The summed E-state index contributed by atoms with van der Waals surface area (Å²) in [6, 6.07) is 4.94. The van der Waals surface area contributed by atoms with Crippen LogP contribution in [0.2, 0.25) is 0 Å². The molecule has 0 bridgehead atoms. The second-order valence-corrected chi connectivity index (χ2v) is 7.77. The van der Waals surface area contributed by atoms with Gasteiger partial charge in [-0.15, -0.1) is 0 Å². The number of methoxy groups -OCH3 is 3. The predicted octanol–water partition coefficient (Wildman–Crippen LogP) is 3.41. The summed E-state index contributed by atoms with van der Waals surface area (Å²) in [6.07, 6.45) is 5.58. The van der Waals surface area contributed by atoms with Crippen molar-refractivity contribution < 1.29 is 14.2 Å². The first kappa shape index (κ1) is 19.3. The summed E-state index contributed by atoms with van der Waals surface area (Å²) in [5, 5.41) is 0. The van der Waals surface area contributed by atoms with Gasteiger partial charge in [-0.25, -0.2) is 0 Å². The lowest BCUT2D eigenvalue weighted by Gasteiger charge is -2.42. The van der Waals surface area contributed by atoms with Crippen molar-refractivity contribution in [3.63, 3.8) is 0 Å². The lowest BCUT2D eigenvalue weighted by molar-refractivity contribution is 0.0658. The van der Waals surface area contributed by atoms with Crippen molar-refractivity contribution in [2.45, 2.75) is 45.2 Å².